The van der Waals surface area contributed by atoms with Gasteiger partial charge < -0.3 is 20.3 Å². The van der Waals surface area contributed by atoms with Gasteiger partial charge in [0.15, 0.2) is 0 Å². The molecule has 3 aromatic rings. The Bertz CT molecular complexity index is 1610. The Morgan fingerprint density at radius 1 is 0.977 bits per heavy atom. The fourth-order valence-corrected chi connectivity index (χ4v) is 6.21. The van der Waals surface area contributed by atoms with Gasteiger partial charge >= 0.3 is 5.97 Å². The Hall–Kier alpha value is -4.11. The maximum Gasteiger partial charge on any atom is 0.333 e. The van der Waals surface area contributed by atoms with Gasteiger partial charge in [-0.1, -0.05) is 24.3 Å². The van der Waals surface area contributed by atoms with Crippen molar-refractivity contribution in [3.05, 3.63) is 94.1 Å². The molecular weight excluding hydrogens is 555 g/mol. The summed E-state index contributed by atoms with van der Waals surface area (Å²) in [5, 5.41) is 8.77. The molecule has 0 spiro atoms. The molecule has 1 unspecified atom stereocenters. The molecule has 8 nitrogen and oxygen atoms in total. The molecule has 44 heavy (non-hydrogen) atoms. The molecule has 230 valence electrons. The first-order valence-corrected chi connectivity index (χ1v) is 16.0. The lowest BCUT2D eigenvalue weighted by molar-refractivity contribution is -0.142. The third kappa shape index (κ3) is 7.33. The van der Waals surface area contributed by atoms with E-state index in [2.05, 4.69) is 38.7 Å². The van der Waals surface area contributed by atoms with Gasteiger partial charge in [0.1, 0.15) is 23.3 Å². The van der Waals surface area contributed by atoms with E-state index in [4.69, 9.17) is 14.7 Å². The molecule has 0 aliphatic carbocycles. The van der Waals surface area contributed by atoms with Crippen LogP contribution in [0.1, 0.15) is 61.8 Å². The summed E-state index contributed by atoms with van der Waals surface area (Å²) >= 11 is 0. The van der Waals surface area contributed by atoms with Crippen molar-refractivity contribution in [2.75, 3.05) is 38.2 Å². The highest BCUT2D eigenvalue weighted by Crippen LogP contribution is 2.28. The molecule has 9 heteroatoms. The highest BCUT2D eigenvalue weighted by Gasteiger charge is 2.28. The van der Waals surface area contributed by atoms with Crippen LogP contribution in [0.25, 0.3) is 11.4 Å². The fourth-order valence-electron chi connectivity index (χ4n) is 6.21. The Labute approximate surface area is 258 Å². The van der Waals surface area contributed by atoms with Crippen LogP contribution in [0, 0.1) is 0 Å². The molecule has 3 aliphatic heterocycles. The van der Waals surface area contributed by atoms with Crippen LogP contribution in [0.2, 0.25) is 0 Å². The average Bonchev–Trinajstić information content (AvgIpc) is 3.05. The zero-order valence-electron chi connectivity index (χ0n) is 25.2. The predicted octanol–water partition coefficient (Wildman–Crippen LogP) is 4.31. The van der Waals surface area contributed by atoms with E-state index in [1.54, 1.807) is 12.4 Å². The van der Waals surface area contributed by atoms with Crippen molar-refractivity contribution < 1.29 is 13.9 Å². The standard InChI is InChI=1S/C35H41FN6O2/c36-18-7-22-42(21-4-3-10-27-14-13-25-8-6-20-38-34(25)39-27)23-17-31-35(43)44-32-16-15-30(40-31)28-11-1-2-12-29(28)41-33(32)26-9-5-19-37-24-26/h1-2,5,9,11-14,19,24,31,40H,3-4,6-8,10,15-18,20-23H2,(H,38,39)/b30-28+,33-32-,41-29-. The van der Waals surface area contributed by atoms with E-state index in [0.29, 0.717) is 50.2 Å². The van der Waals surface area contributed by atoms with E-state index in [9.17, 15) is 9.18 Å². The van der Waals surface area contributed by atoms with Crippen LogP contribution in [0.5, 0.6) is 0 Å². The Kier molecular flexibility index (Phi) is 9.92. The summed E-state index contributed by atoms with van der Waals surface area (Å²) in [6, 6.07) is 15.6. The number of halogens is 1. The largest absolute Gasteiger partial charge is 0.427 e. The van der Waals surface area contributed by atoms with Gasteiger partial charge in [0.25, 0.3) is 0 Å². The van der Waals surface area contributed by atoms with Gasteiger partial charge in [-0.15, -0.1) is 0 Å². The second-order valence-corrected chi connectivity index (χ2v) is 11.7. The van der Waals surface area contributed by atoms with Crippen LogP contribution in [0.4, 0.5) is 10.2 Å². The number of allylic oxidation sites excluding steroid dienone is 1. The first kappa shape index (κ1) is 29.9. The number of pyridine rings is 2. The smallest absolute Gasteiger partial charge is 0.333 e. The van der Waals surface area contributed by atoms with Crippen molar-refractivity contribution >= 4 is 23.2 Å². The average molecular weight is 597 g/mol. The second kappa shape index (κ2) is 14.6. The van der Waals surface area contributed by atoms with Crippen molar-refractivity contribution in [2.24, 2.45) is 4.99 Å². The molecule has 1 saturated heterocycles. The minimum absolute atomic E-state index is 0.314. The summed E-state index contributed by atoms with van der Waals surface area (Å²) < 4.78 is 19.3. The molecule has 0 amide bonds. The molecule has 3 aliphatic rings. The lowest BCUT2D eigenvalue weighted by atomic mass is 10.0. The van der Waals surface area contributed by atoms with Gasteiger partial charge in [-0.3, -0.25) is 9.37 Å². The van der Waals surface area contributed by atoms with Gasteiger partial charge in [0, 0.05) is 60.6 Å². The maximum atomic E-state index is 13.6. The number of aromatic nitrogens is 2. The minimum atomic E-state index is -0.526. The van der Waals surface area contributed by atoms with Crippen LogP contribution in [0.3, 0.4) is 0 Å². The number of fused-ring (bicyclic) bond motifs is 5. The molecule has 0 saturated carbocycles. The van der Waals surface area contributed by atoms with Gasteiger partial charge in [-0.25, -0.2) is 14.8 Å². The van der Waals surface area contributed by atoms with Crippen LogP contribution in [-0.4, -0.2) is 59.7 Å². The van der Waals surface area contributed by atoms with Gasteiger partial charge in [0.2, 0.25) is 0 Å². The summed E-state index contributed by atoms with van der Waals surface area (Å²) in [4.78, 5) is 29.9. The number of ether oxygens (including phenoxy) is 1. The number of para-hydroxylation sites is 1. The van der Waals surface area contributed by atoms with E-state index in [1.165, 1.54) is 5.56 Å². The van der Waals surface area contributed by atoms with Crippen molar-refractivity contribution in [2.45, 2.75) is 63.8 Å². The molecule has 1 aromatic carbocycles. The number of carbonyl (C=O) groups is 1. The third-order valence-electron chi connectivity index (χ3n) is 8.57. The lowest BCUT2D eigenvalue weighted by Gasteiger charge is -2.29. The summed E-state index contributed by atoms with van der Waals surface area (Å²) in [6.07, 6.45) is 10.9. The number of benzene rings is 1. The number of carbonyl (C=O) groups excluding carboxylic acids is 1. The van der Waals surface area contributed by atoms with Crippen LogP contribution < -0.4 is 21.2 Å². The summed E-state index contributed by atoms with van der Waals surface area (Å²) in [5.74, 6) is 1.29. The van der Waals surface area contributed by atoms with Crippen LogP contribution >= 0.6 is 0 Å². The lowest BCUT2D eigenvalue weighted by Crippen LogP contribution is -2.45. The number of hydrogen-bond donors (Lipinski definition) is 2. The summed E-state index contributed by atoms with van der Waals surface area (Å²) in [6.45, 7) is 2.81. The zero-order valence-corrected chi connectivity index (χ0v) is 25.2. The highest BCUT2D eigenvalue weighted by molar-refractivity contribution is 5.81. The van der Waals surface area contributed by atoms with Crippen molar-refractivity contribution in [3.8, 4) is 0 Å². The maximum absolute atomic E-state index is 13.6. The molecule has 2 N–H and O–H groups in total. The number of aryl methyl sites for hydroxylation is 2. The second-order valence-electron chi connectivity index (χ2n) is 11.7. The molecule has 5 heterocycles. The van der Waals surface area contributed by atoms with E-state index < -0.39 is 6.04 Å². The number of unbranched alkanes of at least 4 members (excludes halogenated alkanes) is 1. The number of nitrogens with zero attached hydrogens (tertiary/aromatic N) is 4. The highest BCUT2D eigenvalue weighted by atomic mass is 19.1. The van der Waals surface area contributed by atoms with Gasteiger partial charge in [-0.05, 0) is 87.7 Å². The van der Waals surface area contributed by atoms with Gasteiger partial charge in [0.05, 0.1) is 12.0 Å². The first-order chi connectivity index (χ1) is 21.7. The normalized spacial score (nSPS) is 21.4. The zero-order chi connectivity index (χ0) is 30.1. The predicted molar refractivity (Wildman–Crippen MR) is 170 cm³/mol. The van der Waals surface area contributed by atoms with Crippen molar-refractivity contribution in [1.29, 1.82) is 0 Å². The monoisotopic (exact) mass is 596 g/mol. The quantitative estimate of drug-likeness (QED) is 0.238. The van der Waals surface area contributed by atoms with E-state index in [-0.39, 0.29) is 12.6 Å². The van der Waals surface area contributed by atoms with Crippen LogP contribution in [0.15, 0.2) is 71.7 Å². The minimum Gasteiger partial charge on any atom is -0.427 e. The number of anilines is 1. The topological polar surface area (TPSA) is 91.7 Å². The van der Waals surface area contributed by atoms with E-state index in [1.807, 2.05) is 30.3 Å². The Balaban J connectivity index is 1.14. The number of rotatable bonds is 12. The number of alkyl halides is 1. The Morgan fingerprint density at radius 2 is 1.89 bits per heavy atom. The molecule has 1 atom stereocenters. The molecule has 2 aromatic heterocycles. The van der Waals surface area contributed by atoms with Crippen molar-refractivity contribution in [1.82, 2.24) is 20.2 Å². The van der Waals surface area contributed by atoms with Gasteiger partial charge in [-0.2, -0.15) is 0 Å². The first-order valence-electron chi connectivity index (χ1n) is 16.0. The SMILES string of the molecule is O=C1O\C2=C(c3cccnc3)/N=c3/cccc/c3=C(/CC2)NC1CCN(CCCF)CCCCc1ccc2c(n1)NCCC2. The Morgan fingerprint density at radius 3 is 2.77 bits per heavy atom. The van der Waals surface area contributed by atoms with E-state index in [0.717, 1.165) is 78.5 Å². The van der Waals surface area contributed by atoms with E-state index >= 15 is 0 Å². The fraction of sp³-hybridized carbons (Fsp3) is 0.429. The summed E-state index contributed by atoms with van der Waals surface area (Å²) in [7, 11) is 0. The molecular formula is C35H41FN6O2. The summed E-state index contributed by atoms with van der Waals surface area (Å²) in [5.41, 5.74) is 4.88. The molecule has 0 radical (unpaired) electrons. The number of hydrogen-bond acceptors (Lipinski definition) is 8. The molecule has 1 fully saturated rings. The van der Waals surface area contributed by atoms with Crippen LogP contribution in [-0.2, 0) is 22.4 Å². The number of esters is 1. The molecule has 6 rings (SSSR count). The third-order valence-corrected chi connectivity index (χ3v) is 8.57. The number of nitrogens with one attached hydrogen (secondary N) is 2. The van der Waals surface area contributed by atoms with Crippen molar-refractivity contribution in [3.63, 3.8) is 0 Å². The molecule has 2 bridgehead atoms.